The molecule has 0 amide bonds. The van der Waals surface area contributed by atoms with E-state index in [9.17, 15) is 4.79 Å². The number of hydrogen-bond acceptors (Lipinski definition) is 3. The standard InChI is InChI=1S/C24H27ClN2O2/c1-15-12-13-19(14-20(15)25)17(3)27-22(29-23(28)24(4,5)6)21(16(2)26-27)18-10-8-7-9-11-18/h7-14,17H,1-6H3. The average molecular weight is 411 g/mol. The predicted molar refractivity (Wildman–Crippen MR) is 117 cm³/mol. The van der Waals surface area contributed by atoms with Gasteiger partial charge in [-0.1, -0.05) is 54.1 Å². The SMILES string of the molecule is Cc1ccc(C(C)n2nc(C)c(-c3ccccc3)c2OC(=O)C(C)(C)C)cc1Cl. The van der Waals surface area contributed by atoms with Gasteiger partial charge in [0.1, 0.15) is 0 Å². The lowest BCUT2D eigenvalue weighted by Crippen LogP contribution is -2.27. The number of aromatic nitrogens is 2. The van der Waals surface area contributed by atoms with Crippen molar-refractivity contribution in [2.45, 2.75) is 47.6 Å². The Balaban J connectivity index is 2.15. The van der Waals surface area contributed by atoms with E-state index in [1.807, 2.05) is 90.1 Å². The minimum Gasteiger partial charge on any atom is -0.407 e. The largest absolute Gasteiger partial charge is 0.407 e. The van der Waals surface area contributed by atoms with Crippen LogP contribution in [0.2, 0.25) is 5.02 Å². The van der Waals surface area contributed by atoms with Gasteiger partial charge < -0.3 is 4.74 Å². The van der Waals surface area contributed by atoms with Gasteiger partial charge in [0.25, 0.3) is 0 Å². The first kappa shape index (κ1) is 21.1. The highest BCUT2D eigenvalue weighted by atomic mass is 35.5. The normalized spacial score (nSPS) is 12.7. The molecule has 0 N–H and O–H groups in total. The maximum absolute atomic E-state index is 12.8. The summed E-state index contributed by atoms with van der Waals surface area (Å²) in [6.07, 6.45) is 0. The lowest BCUT2D eigenvalue weighted by Gasteiger charge is -2.21. The summed E-state index contributed by atoms with van der Waals surface area (Å²) in [5.74, 6) is 0.155. The number of hydrogen-bond donors (Lipinski definition) is 0. The summed E-state index contributed by atoms with van der Waals surface area (Å²) < 4.78 is 7.72. The van der Waals surface area contributed by atoms with Crippen molar-refractivity contribution in [2.75, 3.05) is 0 Å². The van der Waals surface area contributed by atoms with Gasteiger partial charge in [-0.2, -0.15) is 5.10 Å². The molecule has 0 saturated heterocycles. The molecule has 0 spiro atoms. The Morgan fingerprint density at radius 1 is 1.10 bits per heavy atom. The van der Waals surface area contributed by atoms with Crippen LogP contribution in [-0.2, 0) is 4.79 Å². The van der Waals surface area contributed by atoms with E-state index < -0.39 is 5.41 Å². The van der Waals surface area contributed by atoms with E-state index in [1.165, 1.54) is 0 Å². The van der Waals surface area contributed by atoms with Crippen LogP contribution in [0.15, 0.2) is 48.5 Å². The lowest BCUT2D eigenvalue weighted by molar-refractivity contribution is -0.143. The third-order valence-electron chi connectivity index (χ3n) is 4.95. The van der Waals surface area contributed by atoms with E-state index in [4.69, 9.17) is 21.4 Å². The van der Waals surface area contributed by atoms with E-state index in [2.05, 4.69) is 0 Å². The molecule has 1 unspecified atom stereocenters. The van der Waals surface area contributed by atoms with E-state index in [0.717, 1.165) is 27.9 Å². The summed E-state index contributed by atoms with van der Waals surface area (Å²) in [7, 11) is 0. The molecule has 3 aromatic rings. The molecule has 1 aromatic heterocycles. The zero-order valence-corrected chi connectivity index (χ0v) is 18.5. The van der Waals surface area contributed by atoms with Crippen molar-refractivity contribution in [1.82, 2.24) is 9.78 Å². The zero-order chi connectivity index (χ0) is 21.3. The molecule has 0 aliphatic rings. The highest BCUT2D eigenvalue weighted by molar-refractivity contribution is 6.31. The third-order valence-corrected chi connectivity index (χ3v) is 5.36. The summed E-state index contributed by atoms with van der Waals surface area (Å²) in [6, 6.07) is 15.7. The molecule has 0 bridgehead atoms. The van der Waals surface area contributed by atoms with Crippen LogP contribution in [-0.4, -0.2) is 15.7 Å². The number of nitrogens with zero attached hydrogens (tertiary/aromatic N) is 2. The molecule has 0 aliphatic carbocycles. The van der Waals surface area contributed by atoms with Crippen LogP contribution in [0.3, 0.4) is 0 Å². The number of esters is 1. The van der Waals surface area contributed by atoms with E-state index >= 15 is 0 Å². The van der Waals surface area contributed by atoms with Gasteiger partial charge >= 0.3 is 5.97 Å². The lowest BCUT2D eigenvalue weighted by atomic mass is 9.97. The van der Waals surface area contributed by atoms with Gasteiger partial charge in [-0.25, -0.2) is 4.68 Å². The van der Waals surface area contributed by atoms with Crippen LogP contribution in [0.1, 0.15) is 50.6 Å². The van der Waals surface area contributed by atoms with Crippen LogP contribution >= 0.6 is 11.6 Å². The number of aryl methyl sites for hydroxylation is 2. The Morgan fingerprint density at radius 2 is 1.76 bits per heavy atom. The number of rotatable bonds is 4. The van der Waals surface area contributed by atoms with Crippen molar-refractivity contribution < 1.29 is 9.53 Å². The molecule has 2 aromatic carbocycles. The Hall–Kier alpha value is -2.59. The summed E-state index contributed by atoms with van der Waals surface area (Å²) in [5, 5.41) is 5.45. The van der Waals surface area contributed by atoms with Gasteiger partial charge in [-0.05, 0) is 64.3 Å². The Kier molecular flexibility index (Phi) is 5.85. The topological polar surface area (TPSA) is 44.1 Å². The van der Waals surface area contributed by atoms with Crippen LogP contribution in [0.4, 0.5) is 0 Å². The molecule has 5 heteroatoms. The quantitative estimate of drug-likeness (QED) is 0.468. The molecule has 1 atom stereocenters. The van der Waals surface area contributed by atoms with E-state index in [-0.39, 0.29) is 12.0 Å². The summed E-state index contributed by atoms with van der Waals surface area (Å²) in [4.78, 5) is 12.8. The first-order valence-corrected chi connectivity index (χ1v) is 10.1. The van der Waals surface area contributed by atoms with Crippen molar-refractivity contribution in [3.63, 3.8) is 0 Å². The number of benzene rings is 2. The molecule has 0 aliphatic heterocycles. The van der Waals surface area contributed by atoms with Gasteiger partial charge in [-0.15, -0.1) is 0 Å². The first-order chi connectivity index (χ1) is 13.6. The minimum atomic E-state index is -0.632. The molecule has 0 saturated carbocycles. The fourth-order valence-electron chi connectivity index (χ4n) is 3.07. The molecule has 0 fully saturated rings. The van der Waals surface area contributed by atoms with Crippen LogP contribution in [0, 0.1) is 19.3 Å². The Labute approximate surface area is 177 Å². The van der Waals surface area contributed by atoms with Crippen LogP contribution < -0.4 is 4.74 Å². The number of carbonyl (C=O) groups excluding carboxylic acids is 1. The number of halogens is 1. The summed E-state index contributed by atoms with van der Waals surface area (Å²) in [6.45, 7) is 11.5. The van der Waals surface area contributed by atoms with Gasteiger partial charge in [-0.3, -0.25) is 4.79 Å². The molecule has 29 heavy (non-hydrogen) atoms. The van der Waals surface area contributed by atoms with Crippen LogP contribution in [0.25, 0.3) is 11.1 Å². The van der Waals surface area contributed by atoms with Gasteiger partial charge in [0.15, 0.2) is 0 Å². The van der Waals surface area contributed by atoms with Crippen LogP contribution in [0.5, 0.6) is 5.88 Å². The van der Waals surface area contributed by atoms with Gasteiger partial charge in [0.05, 0.1) is 22.7 Å². The molecule has 0 radical (unpaired) electrons. The highest BCUT2D eigenvalue weighted by Crippen LogP contribution is 2.38. The maximum Gasteiger partial charge on any atom is 0.317 e. The van der Waals surface area contributed by atoms with Crippen molar-refractivity contribution in [3.05, 3.63) is 70.4 Å². The fourth-order valence-corrected chi connectivity index (χ4v) is 3.26. The van der Waals surface area contributed by atoms with Crippen molar-refractivity contribution >= 4 is 17.6 Å². The second-order valence-electron chi connectivity index (χ2n) is 8.40. The third kappa shape index (κ3) is 4.38. The molecule has 152 valence electrons. The minimum absolute atomic E-state index is 0.160. The number of carbonyl (C=O) groups is 1. The van der Waals surface area contributed by atoms with Gasteiger partial charge in [0, 0.05) is 5.02 Å². The molecular weight excluding hydrogens is 384 g/mol. The summed E-state index contributed by atoms with van der Waals surface area (Å²) >= 11 is 6.35. The summed E-state index contributed by atoms with van der Waals surface area (Å²) in [5.41, 5.74) is 3.97. The average Bonchev–Trinajstić information content (AvgIpc) is 2.99. The van der Waals surface area contributed by atoms with Crippen molar-refractivity contribution in [1.29, 1.82) is 0 Å². The molecule has 3 rings (SSSR count). The molecule has 1 heterocycles. The fraction of sp³-hybridized carbons (Fsp3) is 0.333. The van der Waals surface area contributed by atoms with Gasteiger partial charge in [0.2, 0.25) is 5.88 Å². The number of ether oxygens (including phenoxy) is 1. The van der Waals surface area contributed by atoms with E-state index in [1.54, 1.807) is 4.68 Å². The molecule has 4 nitrogen and oxygen atoms in total. The smallest absolute Gasteiger partial charge is 0.317 e. The molecular formula is C24H27ClN2O2. The second kappa shape index (κ2) is 8.03. The van der Waals surface area contributed by atoms with Crippen molar-refractivity contribution in [2.24, 2.45) is 5.41 Å². The second-order valence-corrected chi connectivity index (χ2v) is 8.81. The zero-order valence-electron chi connectivity index (χ0n) is 17.8. The van der Waals surface area contributed by atoms with Crippen molar-refractivity contribution in [3.8, 4) is 17.0 Å². The first-order valence-electron chi connectivity index (χ1n) is 9.72. The maximum atomic E-state index is 12.8. The Morgan fingerprint density at radius 3 is 2.34 bits per heavy atom. The van der Waals surface area contributed by atoms with E-state index in [0.29, 0.717) is 10.9 Å². The monoisotopic (exact) mass is 410 g/mol. The highest BCUT2D eigenvalue weighted by Gasteiger charge is 2.29. The Bertz CT molecular complexity index is 1030. The predicted octanol–water partition coefficient (Wildman–Crippen LogP) is 6.38.